The first-order valence-corrected chi connectivity index (χ1v) is 8.35. The third kappa shape index (κ3) is 3.69. The standard InChI is InChI=1S/C16H17F2NO2S/c1-3-16(12-6-4-11(2)5-7-12)19-22(20,21)13-8-9-14(17)15(18)10-13/h4-10,16,19H,3H2,1-2H3. The first-order valence-electron chi connectivity index (χ1n) is 6.87. The molecule has 0 aliphatic heterocycles. The van der Waals surface area contributed by atoms with E-state index in [1.807, 2.05) is 38.1 Å². The summed E-state index contributed by atoms with van der Waals surface area (Å²) in [6.07, 6.45) is 0.534. The van der Waals surface area contributed by atoms with Crippen LogP contribution < -0.4 is 4.72 Å². The summed E-state index contributed by atoms with van der Waals surface area (Å²) in [6.45, 7) is 3.79. The molecule has 0 saturated carbocycles. The zero-order valence-electron chi connectivity index (χ0n) is 12.3. The van der Waals surface area contributed by atoms with Crippen molar-refractivity contribution in [3.05, 3.63) is 65.2 Å². The average Bonchev–Trinajstić information content (AvgIpc) is 2.48. The Morgan fingerprint density at radius 1 is 1.05 bits per heavy atom. The van der Waals surface area contributed by atoms with E-state index in [2.05, 4.69) is 4.72 Å². The van der Waals surface area contributed by atoms with Crippen LogP contribution in [0.1, 0.15) is 30.5 Å². The predicted molar refractivity (Wildman–Crippen MR) is 80.9 cm³/mol. The van der Waals surface area contributed by atoms with Crippen LogP contribution in [0.25, 0.3) is 0 Å². The van der Waals surface area contributed by atoms with Crippen LogP contribution in [-0.4, -0.2) is 8.42 Å². The molecule has 1 atom stereocenters. The van der Waals surface area contributed by atoms with Crippen molar-refractivity contribution in [1.82, 2.24) is 4.72 Å². The summed E-state index contributed by atoms with van der Waals surface area (Å²) in [5, 5.41) is 0. The molecule has 0 aliphatic rings. The van der Waals surface area contributed by atoms with Gasteiger partial charge < -0.3 is 0 Å². The molecule has 0 amide bonds. The summed E-state index contributed by atoms with van der Waals surface area (Å²) in [7, 11) is -3.93. The minimum atomic E-state index is -3.93. The van der Waals surface area contributed by atoms with Gasteiger partial charge in [0.25, 0.3) is 0 Å². The lowest BCUT2D eigenvalue weighted by Gasteiger charge is -2.18. The molecule has 0 fully saturated rings. The second-order valence-electron chi connectivity index (χ2n) is 5.07. The third-order valence-corrected chi connectivity index (χ3v) is 4.86. The van der Waals surface area contributed by atoms with Gasteiger partial charge in [0.05, 0.1) is 4.90 Å². The molecule has 2 aromatic rings. The Bertz CT molecular complexity index is 758. The van der Waals surface area contributed by atoms with Crippen molar-refractivity contribution in [2.24, 2.45) is 0 Å². The van der Waals surface area contributed by atoms with Crippen LogP contribution in [0.5, 0.6) is 0 Å². The number of hydrogen-bond acceptors (Lipinski definition) is 2. The Labute approximate surface area is 129 Å². The number of aryl methyl sites for hydroxylation is 1. The largest absolute Gasteiger partial charge is 0.241 e. The molecular weight excluding hydrogens is 308 g/mol. The highest BCUT2D eigenvalue weighted by molar-refractivity contribution is 7.89. The first-order chi connectivity index (χ1) is 10.3. The van der Waals surface area contributed by atoms with E-state index in [4.69, 9.17) is 0 Å². The summed E-state index contributed by atoms with van der Waals surface area (Å²) in [6, 6.07) is 9.57. The Balaban J connectivity index is 2.29. The molecule has 0 bridgehead atoms. The lowest BCUT2D eigenvalue weighted by atomic mass is 10.0. The molecule has 0 radical (unpaired) electrons. The summed E-state index contributed by atoms with van der Waals surface area (Å²) < 4.78 is 53.3. The second kappa shape index (κ2) is 6.54. The van der Waals surface area contributed by atoms with E-state index in [0.29, 0.717) is 12.5 Å². The van der Waals surface area contributed by atoms with E-state index in [9.17, 15) is 17.2 Å². The number of halogens is 2. The average molecular weight is 325 g/mol. The van der Waals surface area contributed by atoms with Gasteiger partial charge in [-0.15, -0.1) is 0 Å². The monoisotopic (exact) mass is 325 g/mol. The lowest BCUT2D eigenvalue weighted by molar-refractivity contribution is 0.503. The summed E-state index contributed by atoms with van der Waals surface area (Å²) in [5.41, 5.74) is 1.89. The van der Waals surface area contributed by atoms with Crippen LogP contribution >= 0.6 is 0 Å². The number of hydrogen-bond donors (Lipinski definition) is 1. The highest BCUT2D eigenvalue weighted by Gasteiger charge is 2.21. The molecule has 2 rings (SSSR count). The molecule has 0 saturated heterocycles. The van der Waals surface area contributed by atoms with Gasteiger partial charge in [0.1, 0.15) is 0 Å². The van der Waals surface area contributed by atoms with E-state index in [0.717, 1.165) is 23.3 Å². The topological polar surface area (TPSA) is 46.2 Å². The maximum atomic E-state index is 13.2. The number of benzene rings is 2. The summed E-state index contributed by atoms with van der Waals surface area (Å²) in [4.78, 5) is -0.294. The Morgan fingerprint density at radius 2 is 1.68 bits per heavy atom. The Hall–Kier alpha value is -1.79. The maximum Gasteiger partial charge on any atom is 0.241 e. The van der Waals surface area contributed by atoms with Crippen molar-refractivity contribution in [2.45, 2.75) is 31.2 Å². The molecule has 0 spiro atoms. The molecule has 2 aromatic carbocycles. The van der Waals surface area contributed by atoms with E-state index >= 15 is 0 Å². The van der Waals surface area contributed by atoms with Gasteiger partial charge in [-0.3, -0.25) is 0 Å². The molecule has 1 N–H and O–H groups in total. The SMILES string of the molecule is CCC(NS(=O)(=O)c1ccc(F)c(F)c1)c1ccc(C)cc1. The normalized spacial score (nSPS) is 13.1. The second-order valence-corrected chi connectivity index (χ2v) is 6.78. The fraction of sp³-hybridized carbons (Fsp3) is 0.250. The van der Waals surface area contributed by atoms with Gasteiger partial charge in [-0.2, -0.15) is 0 Å². The smallest absolute Gasteiger partial charge is 0.207 e. The molecule has 3 nitrogen and oxygen atoms in total. The third-order valence-electron chi connectivity index (χ3n) is 3.39. The Morgan fingerprint density at radius 3 is 2.23 bits per heavy atom. The van der Waals surface area contributed by atoms with Crippen molar-refractivity contribution in [1.29, 1.82) is 0 Å². The molecule has 0 aromatic heterocycles. The Kier molecular flexibility index (Phi) is 4.93. The summed E-state index contributed by atoms with van der Waals surface area (Å²) in [5.74, 6) is -2.27. The minimum absolute atomic E-state index is 0.294. The van der Waals surface area contributed by atoms with Crippen molar-refractivity contribution >= 4 is 10.0 Å². The minimum Gasteiger partial charge on any atom is -0.207 e. The highest BCUT2D eigenvalue weighted by Crippen LogP contribution is 2.21. The van der Waals surface area contributed by atoms with Gasteiger partial charge in [0, 0.05) is 6.04 Å². The maximum absolute atomic E-state index is 13.2. The fourth-order valence-corrected chi connectivity index (χ4v) is 3.40. The zero-order chi connectivity index (χ0) is 16.3. The van der Waals surface area contributed by atoms with Crippen molar-refractivity contribution in [2.75, 3.05) is 0 Å². The van der Waals surface area contributed by atoms with E-state index < -0.39 is 27.7 Å². The van der Waals surface area contributed by atoms with Gasteiger partial charge in [-0.1, -0.05) is 36.8 Å². The van der Waals surface area contributed by atoms with E-state index in [1.54, 1.807) is 0 Å². The molecular formula is C16H17F2NO2S. The number of sulfonamides is 1. The fourth-order valence-electron chi connectivity index (χ4n) is 2.09. The van der Waals surface area contributed by atoms with E-state index in [1.165, 1.54) is 0 Å². The highest BCUT2D eigenvalue weighted by atomic mass is 32.2. The number of rotatable bonds is 5. The number of nitrogens with one attached hydrogen (secondary N) is 1. The van der Waals surface area contributed by atoms with Gasteiger partial charge >= 0.3 is 0 Å². The van der Waals surface area contributed by atoms with Gasteiger partial charge in [0.2, 0.25) is 10.0 Å². The molecule has 6 heteroatoms. The van der Waals surface area contributed by atoms with Crippen LogP contribution in [0.2, 0.25) is 0 Å². The van der Waals surface area contributed by atoms with Crippen LogP contribution in [0.4, 0.5) is 8.78 Å². The van der Waals surface area contributed by atoms with Gasteiger partial charge in [0.15, 0.2) is 11.6 Å². The quantitative estimate of drug-likeness (QED) is 0.911. The summed E-state index contributed by atoms with van der Waals surface area (Å²) >= 11 is 0. The van der Waals surface area contributed by atoms with Crippen LogP contribution in [-0.2, 0) is 10.0 Å². The van der Waals surface area contributed by atoms with Crippen molar-refractivity contribution < 1.29 is 17.2 Å². The van der Waals surface area contributed by atoms with Crippen molar-refractivity contribution in [3.63, 3.8) is 0 Å². The molecule has 118 valence electrons. The molecule has 0 aliphatic carbocycles. The van der Waals surface area contributed by atoms with E-state index in [-0.39, 0.29) is 4.90 Å². The van der Waals surface area contributed by atoms with Crippen molar-refractivity contribution in [3.8, 4) is 0 Å². The zero-order valence-corrected chi connectivity index (χ0v) is 13.1. The van der Waals surface area contributed by atoms with Gasteiger partial charge in [-0.25, -0.2) is 21.9 Å². The van der Waals surface area contributed by atoms with Crippen LogP contribution in [0, 0.1) is 18.6 Å². The predicted octanol–water partition coefficient (Wildman–Crippen LogP) is 3.70. The molecule has 0 heterocycles. The van der Waals surface area contributed by atoms with Crippen LogP contribution in [0.3, 0.4) is 0 Å². The van der Waals surface area contributed by atoms with Crippen LogP contribution in [0.15, 0.2) is 47.4 Å². The molecule has 1 unspecified atom stereocenters. The molecule has 22 heavy (non-hydrogen) atoms. The first kappa shape index (κ1) is 16.6. The van der Waals surface area contributed by atoms with Gasteiger partial charge in [-0.05, 0) is 37.1 Å². The lowest BCUT2D eigenvalue weighted by Crippen LogP contribution is -2.28.